The van der Waals surface area contributed by atoms with E-state index in [0.29, 0.717) is 0 Å². The summed E-state index contributed by atoms with van der Waals surface area (Å²) < 4.78 is 30.5. The number of nitrogens with zero attached hydrogens (tertiary/aromatic N) is 1. The standard InChI is InChI=1S/C10H13F2N3O2/c1-17-8-4-14-3-2-7(8)9(16)15-6-10(11,12)5-13/h2-4H,5-6,13H2,1H3,(H,15,16). The first-order valence-electron chi connectivity index (χ1n) is 4.84. The number of carbonyl (C=O) groups is 1. The molecule has 0 fully saturated rings. The summed E-state index contributed by atoms with van der Waals surface area (Å²) >= 11 is 0. The molecule has 0 saturated heterocycles. The van der Waals surface area contributed by atoms with Crippen LogP contribution in [0, 0.1) is 0 Å². The monoisotopic (exact) mass is 245 g/mol. The third-order valence-electron chi connectivity index (χ3n) is 2.06. The molecule has 5 nitrogen and oxygen atoms in total. The molecule has 1 heterocycles. The SMILES string of the molecule is COc1cnccc1C(=O)NCC(F)(F)CN. The van der Waals surface area contributed by atoms with Gasteiger partial charge in [0.2, 0.25) is 0 Å². The Kier molecular flexibility index (Phi) is 4.33. The van der Waals surface area contributed by atoms with Gasteiger partial charge in [-0.15, -0.1) is 0 Å². The van der Waals surface area contributed by atoms with E-state index in [1.54, 1.807) is 0 Å². The summed E-state index contributed by atoms with van der Waals surface area (Å²) in [5, 5.41) is 2.09. The van der Waals surface area contributed by atoms with Gasteiger partial charge in [0.1, 0.15) is 5.75 Å². The first-order chi connectivity index (χ1) is 8.00. The fourth-order valence-corrected chi connectivity index (χ4v) is 1.11. The Labute approximate surface area is 97.0 Å². The molecule has 1 aromatic heterocycles. The molecule has 3 N–H and O–H groups in total. The quantitative estimate of drug-likeness (QED) is 0.787. The maximum absolute atomic E-state index is 12.8. The van der Waals surface area contributed by atoms with Gasteiger partial charge >= 0.3 is 0 Å². The van der Waals surface area contributed by atoms with Gasteiger partial charge in [-0.3, -0.25) is 9.78 Å². The van der Waals surface area contributed by atoms with Crippen LogP contribution in [0.3, 0.4) is 0 Å². The molecule has 0 saturated carbocycles. The minimum absolute atomic E-state index is 0.148. The highest BCUT2D eigenvalue weighted by Crippen LogP contribution is 2.16. The minimum Gasteiger partial charge on any atom is -0.494 e. The van der Waals surface area contributed by atoms with E-state index in [9.17, 15) is 13.6 Å². The third kappa shape index (κ3) is 3.63. The van der Waals surface area contributed by atoms with E-state index in [4.69, 9.17) is 10.5 Å². The van der Waals surface area contributed by atoms with Crippen LogP contribution >= 0.6 is 0 Å². The summed E-state index contributed by atoms with van der Waals surface area (Å²) in [5.41, 5.74) is 5.00. The van der Waals surface area contributed by atoms with Gasteiger partial charge in [-0.05, 0) is 6.07 Å². The van der Waals surface area contributed by atoms with Gasteiger partial charge in [-0.25, -0.2) is 8.78 Å². The Hall–Kier alpha value is -1.76. The first-order valence-corrected chi connectivity index (χ1v) is 4.84. The molecule has 0 aliphatic heterocycles. The van der Waals surface area contributed by atoms with Crippen molar-refractivity contribution in [3.05, 3.63) is 24.0 Å². The fourth-order valence-electron chi connectivity index (χ4n) is 1.11. The number of amides is 1. The number of methoxy groups -OCH3 is 1. The number of hydrogen-bond acceptors (Lipinski definition) is 4. The Balaban J connectivity index is 2.70. The van der Waals surface area contributed by atoms with Crippen molar-refractivity contribution in [1.29, 1.82) is 0 Å². The van der Waals surface area contributed by atoms with E-state index in [0.717, 1.165) is 0 Å². The lowest BCUT2D eigenvalue weighted by molar-refractivity contribution is 0.0118. The molecule has 0 unspecified atom stereocenters. The number of halogens is 2. The Morgan fingerprint density at radius 2 is 2.35 bits per heavy atom. The summed E-state index contributed by atoms with van der Waals surface area (Å²) in [5.74, 6) is -3.55. The molecule has 17 heavy (non-hydrogen) atoms. The molecule has 7 heteroatoms. The Morgan fingerprint density at radius 1 is 1.65 bits per heavy atom. The summed E-state index contributed by atoms with van der Waals surface area (Å²) in [6.07, 6.45) is 2.70. The van der Waals surface area contributed by atoms with Gasteiger partial charge in [0.15, 0.2) is 0 Å². The molecule has 0 radical (unpaired) electrons. The summed E-state index contributed by atoms with van der Waals surface area (Å²) in [7, 11) is 1.36. The van der Waals surface area contributed by atoms with E-state index < -0.39 is 24.9 Å². The number of ether oxygens (including phenoxy) is 1. The van der Waals surface area contributed by atoms with Crippen LogP contribution in [-0.2, 0) is 0 Å². The van der Waals surface area contributed by atoms with Gasteiger partial charge in [-0.1, -0.05) is 0 Å². The first kappa shape index (κ1) is 13.3. The van der Waals surface area contributed by atoms with Crippen molar-refractivity contribution in [2.45, 2.75) is 5.92 Å². The fraction of sp³-hybridized carbons (Fsp3) is 0.400. The number of hydrogen-bond donors (Lipinski definition) is 2. The molecular weight excluding hydrogens is 232 g/mol. The van der Waals surface area contributed by atoms with Gasteiger partial charge in [-0.2, -0.15) is 0 Å². The molecule has 94 valence electrons. The maximum Gasteiger partial charge on any atom is 0.277 e. The second kappa shape index (κ2) is 5.53. The smallest absolute Gasteiger partial charge is 0.277 e. The van der Waals surface area contributed by atoms with E-state index in [-0.39, 0.29) is 11.3 Å². The molecular formula is C10H13F2N3O2. The molecule has 0 spiro atoms. The second-order valence-corrected chi connectivity index (χ2v) is 3.32. The molecule has 0 aliphatic rings. The second-order valence-electron chi connectivity index (χ2n) is 3.32. The summed E-state index contributed by atoms with van der Waals surface area (Å²) in [4.78, 5) is 15.3. The summed E-state index contributed by atoms with van der Waals surface area (Å²) in [6, 6.07) is 1.38. The molecule has 0 atom stereocenters. The number of nitrogens with one attached hydrogen (secondary N) is 1. The van der Waals surface area contributed by atoms with E-state index >= 15 is 0 Å². The minimum atomic E-state index is -3.12. The average Bonchev–Trinajstić information content (AvgIpc) is 2.36. The number of carbonyl (C=O) groups excluding carboxylic acids is 1. The molecule has 0 aliphatic carbocycles. The predicted octanol–water partition coefficient (Wildman–Crippen LogP) is 0.414. The largest absolute Gasteiger partial charge is 0.494 e. The van der Waals surface area contributed by atoms with Gasteiger partial charge < -0.3 is 15.8 Å². The zero-order chi connectivity index (χ0) is 12.9. The van der Waals surface area contributed by atoms with Crippen molar-refractivity contribution in [1.82, 2.24) is 10.3 Å². The zero-order valence-electron chi connectivity index (χ0n) is 9.24. The number of nitrogens with two attached hydrogens (primary N) is 1. The lowest BCUT2D eigenvalue weighted by atomic mass is 10.2. The van der Waals surface area contributed by atoms with Crippen molar-refractivity contribution < 1.29 is 18.3 Å². The maximum atomic E-state index is 12.8. The number of pyridine rings is 1. The van der Waals surface area contributed by atoms with Crippen LogP contribution < -0.4 is 15.8 Å². The van der Waals surface area contributed by atoms with E-state index in [2.05, 4.69) is 10.3 Å². The van der Waals surface area contributed by atoms with Crippen molar-refractivity contribution in [3.63, 3.8) is 0 Å². The van der Waals surface area contributed by atoms with E-state index in [1.807, 2.05) is 0 Å². The lowest BCUT2D eigenvalue weighted by Gasteiger charge is -2.15. The van der Waals surface area contributed by atoms with Gasteiger partial charge in [0.05, 0.1) is 32.0 Å². The number of rotatable bonds is 5. The molecule has 0 aromatic carbocycles. The van der Waals surface area contributed by atoms with Crippen LogP contribution in [0.4, 0.5) is 8.78 Å². The number of aromatic nitrogens is 1. The van der Waals surface area contributed by atoms with Gasteiger partial charge in [0, 0.05) is 6.20 Å². The molecule has 1 rings (SSSR count). The van der Waals surface area contributed by atoms with Crippen LogP contribution in [0.2, 0.25) is 0 Å². The topological polar surface area (TPSA) is 77.2 Å². The van der Waals surface area contributed by atoms with Crippen molar-refractivity contribution >= 4 is 5.91 Å². The molecule has 1 amide bonds. The number of alkyl halides is 2. The van der Waals surface area contributed by atoms with Crippen molar-refractivity contribution in [3.8, 4) is 5.75 Å². The highest BCUT2D eigenvalue weighted by atomic mass is 19.3. The van der Waals surface area contributed by atoms with Crippen LogP contribution in [0.1, 0.15) is 10.4 Å². The highest BCUT2D eigenvalue weighted by Gasteiger charge is 2.27. The summed E-state index contributed by atoms with van der Waals surface area (Å²) in [6.45, 7) is -1.63. The average molecular weight is 245 g/mol. The van der Waals surface area contributed by atoms with Crippen LogP contribution in [0.15, 0.2) is 18.5 Å². The Morgan fingerprint density at radius 3 is 2.94 bits per heavy atom. The lowest BCUT2D eigenvalue weighted by Crippen LogP contribution is -2.41. The van der Waals surface area contributed by atoms with Crippen LogP contribution in [-0.4, -0.2) is 37.0 Å². The Bertz CT molecular complexity index is 399. The highest BCUT2D eigenvalue weighted by molar-refractivity contribution is 5.96. The third-order valence-corrected chi connectivity index (χ3v) is 2.06. The molecule has 1 aromatic rings. The van der Waals surface area contributed by atoms with Gasteiger partial charge in [0.25, 0.3) is 11.8 Å². The van der Waals surface area contributed by atoms with E-state index in [1.165, 1.54) is 25.6 Å². The van der Waals surface area contributed by atoms with Crippen LogP contribution in [0.25, 0.3) is 0 Å². The normalized spacial score (nSPS) is 11.1. The van der Waals surface area contributed by atoms with Crippen molar-refractivity contribution in [2.24, 2.45) is 5.73 Å². The molecule has 0 bridgehead atoms. The predicted molar refractivity (Wildman–Crippen MR) is 57.1 cm³/mol. The van der Waals surface area contributed by atoms with Crippen molar-refractivity contribution in [2.75, 3.05) is 20.2 Å². The van der Waals surface area contributed by atoms with Crippen LogP contribution in [0.5, 0.6) is 5.75 Å². The zero-order valence-corrected chi connectivity index (χ0v) is 9.24.